The van der Waals surface area contributed by atoms with E-state index in [0.717, 1.165) is 47.3 Å². The van der Waals surface area contributed by atoms with Gasteiger partial charge < -0.3 is 5.11 Å². The maximum Gasteiger partial charge on any atom is 0.0999 e. The van der Waals surface area contributed by atoms with Crippen molar-refractivity contribution in [1.29, 1.82) is 0 Å². The van der Waals surface area contributed by atoms with Gasteiger partial charge in [0.1, 0.15) is 0 Å². The third kappa shape index (κ3) is 3.31. The van der Waals surface area contributed by atoms with E-state index in [9.17, 15) is 5.11 Å². The van der Waals surface area contributed by atoms with Crippen LogP contribution in [0.2, 0.25) is 0 Å². The smallest absolute Gasteiger partial charge is 0.0999 e. The van der Waals surface area contributed by atoms with E-state index in [1.807, 2.05) is 54.0 Å². The molecule has 1 N–H and O–H groups in total. The van der Waals surface area contributed by atoms with Crippen molar-refractivity contribution in [3.63, 3.8) is 0 Å². The summed E-state index contributed by atoms with van der Waals surface area (Å²) in [4.78, 5) is 4.89. The number of aliphatic hydroxyl groups is 1. The number of aromatic nitrogens is 5. The Morgan fingerprint density at radius 2 is 2.25 bits per heavy atom. The molecule has 1 fully saturated rings. The van der Waals surface area contributed by atoms with Crippen molar-refractivity contribution in [3.8, 4) is 11.3 Å². The van der Waals surface area contributed by atoms with Gasteiger partial charge in [-0.05, 0) is 31.4 Å². The molecule has 0 spiro atoms. The van der Waals surface area contributed by atoms with Crippen molar-refractivity contribution in [3.05, 3.63) is 42.7 Å². The Hall–Kier alpha value is -3.00. The quantitative estimate of drug-likeness (QED) is 0.526. The number of hydrogen-bond acceptors (Lipinski definition) is 6. The van der Waals surface area contributed by atoms with Crippen LogP contribution in [0, 0.1) is 5.92 Å². The Morgan fingerprint density at radius 3 is 3.04 bits per heavy atom. The fourth-order valence-corrected chi connectivity index (χ4v) is 3.94. The van der Waals surface area contributed by atoms with E-state index in [4.69, 9.17) is 4.98 Å². The summed E-state index contributed by atoms with van der Waals surface area (Å²) in [5, 5.41) is 24.1. The molecule has 4 rings (SSSR count). The molecule has 0 saturated heterocycles. The second-order valence-electron chi connectivity index (χ2n) is 7.31. The van der Waals surface area contributed by atoms with Crippen molar-refractivity contribution in [2.45, 2.75) is 32.2 Å². The molecule has 3 heterocycles. The Kier molecular flexibility index (Phi) is 4.95. The first kappa shape index (κ1) is 18.4. The van der Waals surface area contributed by atoms with Crippen molar-refractivity contribution in [1.82, 2.24) is 29.4 Å². The fraction of sp³-hybridized carbons (Fsp3) is 0.400. The molecule has 0 aliphatic heterocycles. The molecule has 1 aliphatic rings. The number of hydrazone groups is 1. The highest BCUT2D eigenvalue weighted by atomic mass is 16.3. The summed E-state index contributed by atoms with van der Waals surface area (Å²) in [6, 6.07) is 2.20. The van der Waals surface area contributed by atoms with Crippen LogP contribution in [0.15, 0.2) is 42.2 Å². The van der Waals surface area contributed by atoms with Crippen LogP contribution in [-0.2, 0) is 0 Å². The van der Waals surface area contributed by atoms with E-state index in [0.29, 0.717) is 0 Å². The zero-order chi connectivity index (χ0) is 19.7. The Balaban J connectivity index is 1.75. The standard InChI is InChI=1S/C20H25N7O/c1-14(10-25(3)21-2)17-12-27-19(7-8-22-27)20(24-17)16-9-23-26(11-16)18-6-4-5-15(18)13-28/h7-12,15,18,28H,2,4-6,13H2,1,3H3/b14-10+. The first-order chi connectivity index (χ1) is 13.6. The van der Waals surface area contributed by atoms with Crippen molar-refractivity contribution in [2.24, 2.45) is 11.0 Å². The summed E-state index contributed by atoms with van der Waals surface area (Å²) >= 11 is 0. The summed E-state index contributed by atoms with van der Waals surface area (Å²) in [6.45, 7) is 5.72. The minimum absolute atomic E-state index is 0.204. The second kappa shape index (κ2) is 7.55. The molecule has 1 saturated carbocycles. The van der Waals surface area contributed by atoms with Crippen molar-refractivity contribution < 1.29 is 5.11 Å². The van der Waals surface area contributed by atoms with E-state index in [1.54, 1.807) is 11.2 Å². The zero-order valence-electron chi connectivity index (χ0n) is 16.2. The maximum atomic E-state index is 9.64. The van der Waals surface area contributed by atoms with Gasteiger partial charge in [-0.15, -0.1) is 0 Å². The summed E-state index contributed by atoms with van der Waals surface area (Å²) in [6.07, 6.45) is 12.7. The third-order valence-electron chi connectivity index (χ3n) is 5.47. The van der Waals surface area contributed by atoms with Crippen LogP contribution in [0.1, 0.15) is 37.9 Å². The van der Waals surface area contributed by atoms with Crippen LogP contribution in [0.5, 0.6) is 0 Å². The lowest BCUT2D eigenvalue weighted by molar-refractivity contribution is 0.190. The third-order valence-corrected chi connectivity index (χ3v) is 5.47. The van der Waals surface area contributed by atoms with Gasteiger partial charge >= 0.3 is 0 Å². The van der Waals surface area contributed by atoms with E-state index < -0.39 is 0 Å². The second-order valence-corrected chi connectivity index (χ2v) is 7.31. The summed E-state index contributed by atoms with van der Waals surface area (Å²) < 4.78 is 3.82. The highest BCUT2D eigenvalue weighted by molar-refractivity contribution is 5.77. The van der Waals surface area contributed by atoms with Crippen LogP contribution in [0.25, 0.3) is 22.3 Å². The molecule has 3 aromatic heterocycles. The lowest BCUT2D eigenvalue weighted by Crippen LogP contribution is -2.17. The summed E-state index contributed by atoms with van der Waals surface area (Å²) in [7, 11) is 1.83. The number of fused-ring (bicyclic) bond motifs is 1. The largest absolute Gasteiger partial charge is 0.396 e. The molecular formula is C20H25N7O. The van der Waals surface area contributed by atoms with Crippen molar-refractivity contribution >= 4 is 17.8 Å². The highest BCUT2D eigenvalue weighted by Crippen LogP contribution is 2.36. The zero-order valence-corrected chi connectivity index (χ0v) is 16.2. The van der Waals surface area contributed by atoms with Crippen LogP contribution in [0.4, 0.5) is 0 Å². The lowest BCUT2D eigenvalue weighted by Gasteiger charge is -2.17. The molecule has 1 aliphatic carbocycles. The van der Waals surface area contributed by atoms with Crippen LogP contribution in [-0.4, -0.2) is 54.9 Å². The number of aliphatic hydroxyl groups excluding tert-OH is 1. The van der Waals surface area contributed by atoms with Gasteiger partial charge in [-0.1, -0.05) is 6.42 Å². The summed E-state index contributed by atoms with van der Waals surface area (Å²) in [5.74, 6) is 0.272. The molecule has 3 aromatic rings. The SMILES string of the molecule is C=NN(C)/C=C(\C)c1cn2nccc2c(-c2cnn(C3CCCC3CO)c2)n1. The van der Waals surface area contributed by atoms with Crippen molar-refractivity contribution in [2.75, 3.05) is 13.7 Å². The predicted molar refractivity (Wildman–Crippen MR) is 109 cm³/mol. The maximum absolute atomic E-state index is 9.64. The van der Waals surface area contributed by atoms with E-state index >= 15 is 0 Å². The number of rotatable bonds is 6. The minimum atomic E-state index is 0.204. The van der Waals surface area contributed by atoms with Gasteiger partial charge in [-0.25, -0.2) is 9.50 Å². The molecule has 28 heavy (non-hydrogen) atoms. The van der Waals surface area contributed by atoms with Gasteiger partial charge in [0.15, 0.2) is 0 Å². The monoisotopic (exact) mass is 379 g/mol. The van der Waals surface area contributed by atoms with Crippen LogP contribution >= 0.6 is 0 Å². The number of nitrogens with zero attached hydrogens (tertiary/aromatic N) is 7. The Labute approximate surface area is 163 Å². The summed E-state index contributed by atoms with van der Waals surface area (Å²) in [5.41, 5.74) is 4.47. The number of allylic oxidation sites excluding steroid dienone is 1. The lowest BCUT2D eigenvalue weighted by atomic mass is 10.1. The average Bonchev–Trinajstić information content (AvgIpc) is 3.45. The molecule has 0 amide bonds. The number of hydrogen-bond donors (Lipinski definition) is 1. The van der Waals surface area contributed by atoms with Gasteiger partial charge in [-0.2, -0.15) is 15.3 Å². The molecule has 2 atom stereocenters. The molecule has 8 heteroatoms. The van der Waals surface area contributed by atoms with Gasteiger partial charge in [0, 0.05) is 44.3 Å². The average molecular weight is 379 g/mol. The van der Waals surface area contributed by atoms with E-state index in [1.165, 1.54) is 0 Å². The van der Waals surface area contributed by atoms with Gasteiger partial charge in [0.25, 0.3) is 0 Å². The minimum Gasteiger partial charge on any atom is -0.396 e. The Bertz CT molecular complexity index is 1020. The molecule has 146 valence electrons. The first-order valence-corrected chi connectivity index (χ1v) is 9.48. The van der Waals surface area contributed by atoms with E-state index in [2.05, 4.69) is 22.0 Å². The molecule has 0 radical (unpaired) electrons. The molecule has 0 aromatic carbocycles. The van der Waals surface area contributed by atoms with E-state index in [-0.39, 0.29) is 18.6 Å². The fourth-order valence-electron chi connectivity index (χ4n) is 3.94. The van der Waals surface area contributed by atoms with Gasteiger partial charge in [0.2, 0.25) is 0 Å². The highest BCUT2D eigenvalue weighted by Gasteiger charge is 2.29. The van der Waals surface area contributed by atoms with Crippen LogP contribution < -0.4 is 0 Å². The Morgan fingerprint density at radius 1 is 1.39 bits per heavy atom. The molecule has 8 nitrogen and oxygen atoms in total. The first-order valence-electron chi connectivity index (χ1n) is 9.48. The predicted octanol–water partition coefficient (Wildman–Crippen LogP) is 2.83. The molecule has 2 unspecified atom stereocenters. The normalized spacial score (nSPS) is 20.0. The molecular weight excluding hydrogens is 354 g/mol. The molecule has 0 bridgehead atoms. The topological polar surface area (TPSA) is 83.8 Å². The van der Waals surface area contributed by atoms with Crippen LogP contribution in [0.3, 0.4) is 0 Å². The van der Waals surface area contributed by atoms with Gasteiger partial charge in [-0.3, -0.25) is 9.69 Å². The van der Waals surface area contributed by atoms with Gasteiger partial charge in [0.05, 0.1) is 41.5 Å².